The molecule has 6 nitrogen and oxygen atoms in total. The number of anilines is 1. The number of hydrogen-bond donors (Lipinski definition) is 2. The Labute approximate surface area is 111 Å². The number of nitrogens with two attached hydrogens (primary N) is 1. The van der Waals surface area contributed by atoms with Crippen molar-refractivity contribution in [2.45, 2.75) is 11.6 Å². The number of primary sulfonamides is 1. The van der Waals surface area contributed by atoms with E-state index in [1.165, 1.54) is 6.07 Å². The number of methoxy groups -OCH3 is 1. The van der Waals surface area contributed by atoms with Crippen LogP contribution in [0.25, 0.3) is 0 Å². The number of benzene rings is 1. The molecule has 0 bridgehead atoms. The second kappa shape index (κ2) is 5.33. The summed E-state index contributed by atoms with van der Waals surface area (Å²) < 4.78 is 32.3. The predicted octanol–water partition coefficient (Wildman–Crippen LogP) is 1.55. The molecule has 1 aromatic carbocycles. The van der Waals surface area contributed by atoms with E-state index in [9.17, 15) is 8.42 Å². The average Bonchev–Trinajstić information content (AvgIpc) is 2.85. The summed E-state index contributed by atoms with van der Waals surface area (Å²) in [7, 11) is -2.20. The largest absolute Gasteiger partial charge is 0.497 e. The summed E-state index contributed by atoms with van der Waals surface area (Å²) in [6.07, 6.45) is 0. The highest BCUT2D eigenvalue weighted by atomic mass is 32.2. The molecule has 0 saturated carbocycles. The van der Waals surface area contributed by atoms with Crippen molar-refractivity contribution in [3.8, 4) is 5.75 Å². The van der Waals surface area contributed by atoms with Gasteiger partial charge in [0.25, 0.3) is 10.0 Å². The molecule has 1 aromatic heterocycles. The standard InChI is InChI=1S/C12H14N2O4S/c1-17-10-4-2-3-9(7-10)14-8-11-5-6-12(18-11)19(13,15)16/h2-7,14H,8H2,1H3,(H2,13,15,16). The van der Waals surface area contributed by atoms with Gasteiger partial charge in [-0.25, -0.2) is 13.6 Å². The van der Waals surface area contributed by atoms with Gasteiger partial charge in [-0.3, -0.25) is 0 Å². The van der Waals surface area contributed by atoms with Crippen LogP contribution >= 0.6 is 0 Å². The number of furan rings is 1. The lowest BCUT2D eigenvalue weighted by atomic mass is 10.3. The summed E-state index contributed by atoms with van der Waals surface area (Å²) in [5.41, 5.74) is 0.841. The molecule has 2 rings (SSSR count). The summed E-state index contributed by atoms with van der Waals surface area (Å²) in [6.45, 7) is 0.350. The van der Waals surface area contributed by atoms with E-state index in [1.807, 2.05) is 24.3 Å². The van der Waals surface area contributed by atoms with Gasteiger partial charge in [0.1, 0.15) is 11.5 Å². The van der Waals surface area contributed by atoms with Gasteiger partial charge in [-0.05, 0) is 24.3 Å². The zero-order valence-corrected chi connectivity index (χ0v) is 11.1. The Hall–Kier alpha value is -1.99. The molecular weight excluding hydrogens is 268 g/mol. The first-order valence-electron chi connectivity index (χ1n) is 5.48. The van der Waals surface area contributed by atoms with Crippen molar-refractivity contribution < 1.29 is 17.6 Å². The smallest absolute Gasteiger partial charge is 0.271 e. The van der Waals surface area contributed by atoms with Gasteiger partial charge in [-0.2, -0.15) is 0 Å². The molecule has 2 aromatic rings. The zero-order chi connectivity index (χ0) is 13.9. The van der Waals surface area contributed by atoms with Gasteiger partial charge in [-0.1, -0.05) is 6.07 Å². The summed E-state index contributed by atoms with van der Waals surface area (Å²) >= 11 is 0. The van der Waals surface area contributed by atoms with E-state index in [2.05, 4.69) is 5.32 Å². The van der Waals surface area contributed by atoms with Crippen LogP contribution in [0.2, 0.25) is 0 Å². The van der Waals surface area contributed by atoms with Crippen LogP contribution in [0.3, 0.4) is 0 Å². The van der Waals surface area contributed by atoms with E-state index in [0.29, 0.717) is 12.3 Å². The third-order valence-electron chi connectivity index (χ3n) is 2.45. The molecule has 0 unspecified atom stereocenters. The zero-order valence-electron chi connectivity index (χ0n) is 10.3. The molecule has 0 spiro atoms. The minimum Gasteiger partial charge on any atom is -0.497 e. The monoisotopic (exact) mass is 282 g/mol. The first-order chi connectivity index (χ1) is 8.99. The summed E-state index contributed by atoms with van der Waals surface area (Å²) in [4.78, 5) is 0. The van der Waals surface area contributed by atoms with Crippen LogP contribution in [-0.4, -0.2) is 15.5 Å². The quantitative estimate of drug-likeness (QED) is 0.867. The fourth-order valence-corrected chi connectivity index (χ4v) is 2.01. The van der Waals surface area contributed by atoms with Gasteiger partial charge in [0.2, 0.25) is 5.09 Å². The molecule has 0 radical (unpaired) electrons. The van der Waals surface area contributed by atoms with Gasteiger partial charge >= 0.3 is 0 Å². The van der Waals surface area contributed by atoms with E-state index < -0.39 is 10.0 Å². The lowest BCUT2D eigenvalue weighted by Crippen LogP contribution is -2.10. The SMILES string of the molecule is COc1cccc(NCc2ccc(S(N)(=O)=O)o2)c1. The van der Waals surface area contributed by atoms with Gasteiger partial charge in [0.15, 0.2) is 0 Å². The Kier molecular flexibility index (Phi) is 3.77. The Morgan fingerprint density at radius 2 is 2.11 bits per heavy atom. The molecule has 0 aliphatic rings. The molecule has 19 heavy (non-hydrogen) atoms. The van der Waals surface area contributed by atoms with Crippen molar-refractivity contribution in [1.29, 1.82) is 0 Å². The van der Waals surface area contributed by atoms with E-state index in [4.69, 9.17) is 14.3 Å². The minimum atomic E-state index is -3.79. The van der Waals surface area contributed by atoms with Crippen molar-refractivity contribution in [3.63, 3.8) is 0 Å². The number of ether oxygens (including phenoxy) is 1. The number of rotatable bonds is 5. The van der Waals surface area contributed by atoms with E-state index in [-0.39, 0.29) is 5.09 Å². The van der Waals surface area contributed by atoms with Crippen molar-refractivity contribution >= 4 is 15.7 Å². The lowest BCUT2D eigenvalue weighted by molar-refractivity contribution is 0.414. The van der Waals surface area contributed by atoms with Crippen LogP contribution in [0.4, 0.5) is 5.69 Å². The lowest BCUT2D eigenvalue weighted by Gasteiger charge is -2.06. The molecule has 0 amide bonds. The van der Waals surface area contributed by atoms with Crippen molar-refractivity contribution in [2.24, 2.45) is 5.14 Å². The van der Waals surface area contributed by atoms with Crippen LogP contribution in [-0.2, 0) is 16.6 Å². The molecule has 0 aliphatic carbocycles. The fourth-order valence-electron chi connectivity index (χ4n) is 1.53. The Morgan fingerprint density at radius 1 is 1.32 bits per heavy atom. The molecular formula is C12H14N2O4S. The second-order valence-corrected chi connectivity index (χ2v) is 5.34. The summed E-state index contributed by atoms with van der Waals surface area (Å²) in [5.74, 6) is 1.21. The molecule has 0 saturated heterocycles. The topological polar surface area (TPSA) is 94.6 Å². The minimum absolute atomic E-state index is 0.241. The third-order valence-corrected chi connectivity index (χ3v) is 3.23. The highest BCUT2D eigenvalue weighted by Gasteiger charge is 2.12. The van der Waals surface area contributed by atoms with Crippen molar-refractivity contribution in [1.82, 2.24) is 0 Å². The van der Waals surface area contributed by atoms with Crippen LogP contribution in [0.1, 0.15) is 5.76 Å². The Morgan fingerprint density at radius 3 is 2.74 bits per heavy atom. The molecule has 3 N–H and O–H groups in total. The van der Waals surface area contributed by atoms with Crippen LogP contribution in [0, 0.1) is 0 Å². The first-order valence-corrected chi connectivity index (χ1v) is 7.03. The van der Waals surface area contributed by atoms with Crippen molar-refractivity contribution in [3.05, 3.63) is 42.2 Å². The maximum absolute atomic E-state index is 11.1. The van der Waals surface area contributed by atoms with Gasteiger partial charge in [0.05, 0.1) is 13.7 Å². The number of sulfonamides is 1. The number of nitrogens with one attached hydrogen (secondary N) is 1. The van der Waals surface area contributed by atoms with Gasteiger partial charge < -0.3 is 14.5 Å². The highest BCUT2D eigenvalue weighted by Crippen LogP contribution is 2.18. The van der Waals surface area contributed by atoms with Gasteiger partial charge in [-0.15, -0.1) is 0 Å². The van der Waals surface area contributed by atoms with Crippen LogP contribution in [0.15, 0.2) is 45.9 Å². The summed E-state index contributed by atoms with van der Waals surface area (Å²) in [6, 6.07) is 10.3. The van der Waals surface area contributed by atoms with Gasteiger partial charge in [0, 0.05) is 11.8 Å². The Balaban J connectivity index is 2.04. The molecule has 1 heterocycles. The third kappa shape index (κ3) is 3.49. The second-order valence-electron chi connectivity index (χ2n) is 3.85. The fraction of sp³-hybridized carbons (Fsp3) is 0.167. The van der Waals surface area contributed by atoms with Crippen molar-refractivity contribution in [2.75, 3.05) is 12.4 Å². The number of hydrogen-bond acceptors (Lipinski definition) is 5. The normalized spacial score (nSPS) is 11.3. The molecule has 0 aliphatic heterocycles. The molecule has 102 valence electrons. The molecule has 0 atom stereocenters. The van der Waals surface area contributed by atoms with E-state index in [1.54, 1.807) is 13.2 Å². The highest BCUT2D eigenvalue weighted by molar-refractivity contribution is 7.89. The van der Waals surface area contributed by atoms with E-state index >= 15 is 0 Å². The molecule has 7 heteroatoms. The van der Waals surface area contributed by atoms with Crippen LogP contribution < -0.4 is 15.2 Å². The first kappa shape index (κ1) is 13.4. The maximum atomic E-state index is 11.1. The van der Waals surface area contributed by atoms with Crippen LogP contribution in [0.5, 0.6) is 5.75 Å². The Bertz CT molecular complexity index is 664. The maximum Gasteiger partial charge on any atom is 0.271 e. The molecule has 0 fully saturated rings. The summed E-state index contributed by atoms with van der Waals surface area (Å²) in [5, 5.41) is 7.81. The van der Waals surface area contributed by atoms with E-state index in [0.717, 1.165) is 11.4 Å². The average molecular weight is 282 g/mol. The predicted molar refractivity (Wildman–Crippen MR) is 70.4 cm³/mol.